The Labute approximate surface area is 182 Å². The van der Waals surface area contributed by atoms with Crippen LogP contribution in [-0.2, 0) is 11.3 Å². The molecule has 0 unspecified atom stereocenters. The summed E-state index contributed by atoms with van der Waals surface area (Å²) in [5.74, 6) is -0.951. The third kappa shape index (κ3) is 4.32. The molecule has 0 atom stereocenters. The summed E-state index contributed by atoms with van der Waals surface area (Å²) in [5.41, 5.74) is 2.57. The zero-order chi connectivity index (χ0) is 21.1. The molecule has 0 aliphatic heterocycles. The van der Waals surface area contributed by atoms with Crippen molar-refractivity contribution in [3.63, 3.8) is 0 Å². The topological polar surface area (TPSA) is 73.2 Å². The standard InChI is InChI=1S/C20H19Cl2N3O3S/c1-4-25-17(16(22)11(3)24-25)18(26)23-19-15(20(27)28-5-2)14(10-29-19)12-6-8-13(21)9-7-12/h6-10H,4-5H2,1-3H3,(H,23,26). The van der Waals surface area contributed by atoms with E-state index in [9.17, 15) is 9.59 Å². The number of aromatic nitrogens is 2. The van der Waals surface area contributed by atoms with Gasteiger partial charge in [-0.3, -0.25) is 9.48 Å². The summed E-state index contributed by atoms with van der Waals surface area (Å²) in [6.07, 6.45) is 0. The van der Waals surface area contributed by atoms with Crippen molar-refractivity contribution in [3.8, 4) is 11.1 Å². The maximum atomic E-state index is 12.9. The van der Waals surface area contributed by atoms with Crippen molar-refractivity contribution in [2.24, 2.45) is 0 Å². The maximum Gasteiger partial charge on any atom is 0.341 e. The second kappa shape index (κ2) is 8.98. The third-order valence-electron chi connectivity index (χ3n) is 4.22. The van der Waals surface area contributed by atoms with Gasteiger partial charge in [-0.15, -0.1) is 11.3 Å². The number of anilines is 1. The first-order valence-electron chi connectivity index (χ1n) is 8.96. The van der Waals surface area contributed by atoms with Gasteiger partial charge in [-0.1, -0.05) is 35.3 Å². The molecule has 29 heavy (non-hydrogen) atoms. The minimum absolute atomic E-state index is 0.218. The molecule has 0 saturated heterocycles. The fourth-order valence-corrected chi connectivity index (χ4v) is 4.16. The zero-order valence-corrected chi connectivity index (χ0v) is 18.4. The van der Waals surface area contributed by atoms with E-state index in [1.807, 2.05) is 19.1 Å². The number of carbonyl (C=O) groups is 2. The summed E-state index contributed by atoms with van der Waals surface area (Å²) in [5, 5.41) is 10.1. The molecule has 1 aromatic carbocycles. The van der Waals surface area contributed by atoms with Crippen molar-refractivity contribution < 1.29 is 14.3 Å². The van der Waals surface area contributed by atoms with Crippen LogP contribution in [0.25, 0.3) is 11.1 Å². The molecule has 2 heterocycles. The number of nitrogens with zero attached hydrogens (tertiary/aromatic N) is 2. The molecule has 9 heteroatoms. The first kappa shape index (κ1) is 21.4. The van der Waals surface area contributed by atoms with Gasteiger partial charge < -0.3 is 10.1 Å². The second-order valence-corrected chi connectivity index (χ2v) is 7.79. The molecule has 0 fully saturated rings. The Bertz CT molecular complexity index is 1060. The summed E-state index contributed by atoms with van der Waals surface area (Å²) in [7, 11) is 0. The molecule has 0 aliphatic carbocycles. The second-order valence-electron chi connectivity index (χ2n) is 6.10. The number of hydrogen-bond acceptors (Lipinski definition) is 5. The Balaban J connectivity index is 2.02. The molecule has 1 amide bonds. The lowest BCUT2D eigenvalue weighted by atomic mass is 10.0. The van der Waals surface area contributed by atoms with Crippen LogP contribution >= 0.6 is 34.5 Å². The lowest BCUT2D eigenvalue weighted by Crippen LogP contribution is -2.19. The minimum atomic E-state index is -0.514. The summed E-state index contributed by atoms with van der Waals surface area (Å²) in [4.78, 5) is 25.6. The highest BCUT2D eigenvalue weighted by Crippen LogP contribution is 2.37. The number of ether oxygens (including phenoxy) is 1. The van der Waals surface area contributed by atoms with Crippen LogP contribution in [0, 0.1) is 6.92 Å². The van der Waals surface area contributed by atoms with E-state index >= 15 is 0 Å². The lowest BCUT2D eigenvalue weighted by molar-refractivity contribution is 0.0529. The SMILES string of the molecule is CCOC(=O)c1c(-c2ccc(Cl)cc2)csc1NC(=O)c1c(Cl)c(C)nn1CC. The molecule has 152 valence electrons. The molecule has 6 nitrogen and oxygen atoms in total. The number of thiophene rings is 1. The highest BCUT2D eigenvalue weighted by molar-refractivity contribution is 7.15. The number of esters is 1. The van der Waals surface area contributed by atoms with Crippen molar-refractivity contribution in [1.82, 2.24) is 9.78 Å². The molecule has 3 aromatic rings. The van der Waals surface area contributed by atoms with E-state index in [1.165, 1.54) is 16.0 Å². The molecule has 1 N–H and O–H groups in total. The van der Waals surface area contributed by atoms with Crippen LogP contribution in [0.15, 0.2) is 29.6 Å². The van der Waals surface area contributed by atoms with Gasteiger partial charge in [0, 0.05) is 22.5 Å². The van der Waals surface area contributed by atoms with E-state index in [0.717, 1.165) is 5.56 Å². The summed E-state index contributed by atoms with van der Waals surface area (Å²) in [6, 6.07) is 7.10. The Morgan fingerprint density at radius 3 is 2.52 bits per heavy atom. The van der Waals surface area contributed by atoms with Crippen molar-refractivity contribution >= 4 is 51.4 Å². The van der Waals surface area contributed by atoms with Gasteiger partial charge in [-0.05, 0) is 38.5 Å². The monoisotopic (exact) mass is 451 g/mol. The van der Waals surface area contributed by atoms with Crippen molar-refractivity contribution in [1.29, 1.82) is 0 Å². The van der Waals surface area contributed by atoms with Gasteiger partial charge in [0.2, 0.25) is 0 Å². The number of hydrogen-bond donors (Lipinski definition) is 1. The Kier molecular flexibility index (Phi) is 6.62. The first-order valence-corrected chi connectivity index (χ1v) is 10.6. The van der Waals surface area contributed by atoms with E-state index in [2.05, 4.69) is 10.4 Å². The summed E-state index contributed by atoms with van der Waals surface area (Å²) < 4.78 is 6.75. The Morgan fingerprint density at radius 2 is 1.90 bits per heavy atom. The highest BCUT2D eigenvalue weighted by atomic mass is 35.5. The molecule has 0 bridgehead atoms. The van der Waals surface area contributed by atoms with Gasteiger partial charge in [-0.2, -0.15) is 5.10 Å². The first-order chi connectivity index (χ1) is 13.9. The predicted octanol–water partition coefficient (Wildman–Crippen LogP) is 5.68. The van der Waals surface area contributed by atoms with Gasteiger partial charge in [0.15, 0.2) is 0 Å². The van der Waals surface area contributed by atoms with Crippen LogP contribution in [0.3, 0.4) is 0 Å². The Hall–Kier alpha value is -2.35. The van der Waals surface area contributed by atoms with Crippen molar-refractivity contribution in [3.05, 3.63) is 56.6 Å². The number of halogens is 2. The fourth-order valence-electron chi connectivity index (χ4n) is 2.87. The van der Waals surface area contributed by atoms with Crippen molar-refractivity contribution in [2.45, 2.75) is 27.3 Å². The van der Waals surface area contributed by atoms with E-state index in [1.54, 1.807) is 31.4 Å². The van der Waals surface area contributed by atoms with Crippen LogP contribution < -0.4 is 5.32 Å². The summed E-state index contributed by atoms with van der Waals surface area (Å²) in [6.45, 7) is 6.04. The van der Waals surface area contributed by atoms with Gasteiger partial charge in [0.05, 0.1) is 17.3 Å². The average molecular weight is 452 g/mol. The third-order valence-corrected chi connectivity index (χ3v) is 5.82. The van der Waals surface area contributed by atoms with Gasteiger partial charge in [-0.25, -0.2) is 4.79 Å². The van der Waals surface area contributed by atoms with Crippen molar-refractivity contribution in [2.75, 3.05) is 11.9 Å². The number of amides is 1. The van der Waals surface area contributed by atoms with Crippen LogP contribution in [0.2, 0.25) is 10.0 Å². The Morgan fingerprint density at radius 1 is 1.21 bits per heavy atom. The van der Waals surface area contributed by atoms with Gasteiger partial charge in [0.1, 0.15) is 16.3 Å². The quantitative estimate of drug-likeness (QED) is 0.489. The fraction of sp³-hybridized carbons (Fsp3) is 0.250. The number of rotatable bonds is 6. The van der Waals surface area contributed by atoms with Crippen LogP contribution in [0.5, 0.6) is 0 Å². The molecular weight excluding hydrogens is 433 g/mol. The smallest absolute Gasteiger partial charge is 0.341 e. The van der Waals surface area contributed by atoms with Crippen LogP contribution in [0.4, 0.5) is 5.00 Å². The highest BCUT2D eigenvalue weighted by Gasteiger charge is 2.26. The molecule has 2 aromatic heterocycles. The van der Waals surface area contributed by atoms with Crippen LogP contribution in [0.1, 0.15) is 40.4 Å². The zero-order valence-electron chi connectivity index (χ0n) is 16.1. The number of aryl methyl sites for hydroxylation is 2. The molecule has 0 spiro atoms. The normalized spacial score (nSPS) is 10.8. The van der Waals surface area contributed by atoms with E-state index in [4.69, 9.17) is 27.9 Å². The average Bonchev–Trinajstić information content (AvgIpc) is 3.23. The minimum Gasteiger partial charge on any atom is -0.462 e. The number of carbonyl (C=O) groups excluding carboxylic acids is 2. The molecule has 0 saturated carbocycles. The maximum absolute atomic E-state index is 12.9. The van der Waals surface area contributed by atoms with E-state index < -0.39 is 11.9 Å². The predicted molar refractivity (Wildman–Crippen MR) is 116 cm³/mol. The van der Waals surface area contributed by atoms with E-state index in [0.29, 0.717) is 33.4 Å². The van der Waals surface area contributed by atoms with Gasteiger partial charge >= 0.3 is 5.97 Å². The molecule has 0 aliphatic rings. The molecular formula is C20H19Cl2N3O3S. The summed E-state index contributed by atoms with van der Waals surface area (Å²) >= 11 is 13.5. The number of nitrogens with one attached hydrogen (secondary N) is 1. The number of benzene rings is 1. The van der Waals surface area contributed by atoms with Gasteiger partial charge in [0.25, 0.3) is 5.91 Å². The lowest BCUT2D eigenvalue weighted by Gasteiger charge is -2.10. The molecule has 3 rings (SSSR count). The largest absolute Gasteiger partial charge is 0.462 e. The molecule has 0 radical (unpaired) electrons. The van der Waals surface area contributed by atoms with Crippen LogP contribution in [-0.4, -0.2) is 28.3 Å². The van der Waals surface area contributed by atoms with E-state index in [-0.39, 0.29) is 17.3 Å².